The zero-order valence-electron chi connectivity index (χ0n) is 7.36. The first kappa shape index (κ1) is 9.01. The minimum Gasteiger partial charge on any atom is -0.334 e. The number of carbonyl (C=O) groups excluding carboxylic acids is 1. The molecule has 0 N–H and O–H groups in total. The number of likely N-dealkylation sites (N-methyl/N-ethyl adjacent to an activating group) is 1. The van der Waals surface area contributed by atoms with Crippen molar-refractivity contribution < 1.29 is 4.79 Å². The van der Waals surface area contributed by atoms with Gasteiger partial charge in [0.15, 0.2) is 0 Å². The molecule has 1 rings (SSSR count). The summed E-state index contributed by atoms with van der Waals surface area (Å²) in [6.07, 6.45) is 0. The minimum atomic E-state index is 0.0330. The van der Waals surface area contributed by atoms with Crippen LogP contribution in [0.5, 0.6) is 0 Å². The van der Waals surface area contributed by atoms with E-state index in [1.165, 1.54) is 0 Å². The second-order valence-corrected chi connectivity index (χ2v) is 3.02. The molecule has 4 nitrogen and oxygen atoms in total. The molecule has 4 heteroatoms. The molecule has 0 aliphatic carbocycles. The maximum Gasteiger partial charge on any atom is 0.339 e. The highest BCUT2D eigenvalue weighted by atomic mass is 16.2. The molecule has 66 valence electrons. The van der Waals surface area contributed by atoms with Crippen LogP contribution < -0.4 is 0 Å². The molecular weight excluding hydrogens is 154 g/mol. The Kier molecular flexibility index (Phi) is 3.06. The summed E-state index contributed by atoms with van der Waals surface area (Å²) in [5, 5.41) is 0. The molecule has 0 aromatic carbocycles. The molecule has 0 atom stereocenters. The van der Waals surface area contributed by atoms with Crippen LogP contribution in [0, 0.1) is 6.57 Å². The smallest absolute Gasteiger partial charge is 0.334 e. The van der Waals surface area contributed by atoms with Crippen molar-refractivity contribution in [1.29, 1.82) is 0 Å². The van der Waals surface area contributed by atoms with Crippen molar-refractivity contribution in [3.05, 3.63) is 4.85 Å². The van der Waals surface area contributed by atoms with Gasteiger partial charge in [0.1, 0.15) is 0 Å². The minimum absolute atomic E-state index is 0.0330. The van der Waals surface area contributed by atoms with Crippen molar-refractivity contribution in [3.8, 4) is 6.57 Å². The van der Waals surface area contributed by atoms with Crippen molar-refractivity contribution >= 4 is 5.91 Å². The van der Waals surface area contributed by atoms with Gasteiger partial charge in [0.2, 0.25) is 0 Å². The lowest BCUT2D eigenvalue weighted by atomic mass is 10.3. The van der Waals surface area contributed by atoms with Crippen LogP contribution in [0.2, 0.25) is 0 Å². The average Bonchev–Trinajstić information content (AvgIpc) is 2.06. The van der Waals surface area contributed by atoms with Gasteiger partial charge in [0.25, 0.3) is 6.57 Å². The average molecular weight is 168 g/mol. The quantitative estimate of drug-likeness (QED) is 0.539. The SMILES string of the molecule is C#[N+]CC(=O)N1CCN(C)CC1. The molecular formula is C8H14N3O+. The van der Waals surface area contributed by atoms with Gasteiger partial charge < -0.3 is 9.80 Å². The predicted octanol–water partition coefficient (Wildman–Crippen LogP) is -0.277. The second-order valence-electron chi connectivity index (χ2n) is 3.02. The summed E-state index contributed by atoms with van der Waals surface area (Å²) < 4.78 is 0. The fourth-order valence-corrected chi connectivity index (χ4v) is 1.23. The van der Waals surface area contributed by atoms with Crippen molar-refractivity contribution in [1.82, 2.24) is 9.80 Å². The molecule has 0 bridgehead atoms. The summed E-state index contributed by atoms with van der Waals surface area (Å²) in [5.74, 6) is 0.0330. The normalized spacial score (nSPS) is 18.8. The Morgan fingerprint density at radius 2 is 2.00 bits per heavy atom. The number of hydrogen-bond donors (Lipinski definition) is 0. The van der Waals surface area contributed by atoms with E-state index >= 15 is 0 Å². The van der Waals surface area contributed by atoms with Crippen molar-refractivity contribution in [2.24, 2.45) is 0 Å². The van der Waals surface area contributed by atoms with Crippen LogP contribution in [0.4, 0.5) is 0 Å². The van der Waals surface area contributed by atoms with E-state index in [0.29, 0.717) is 0 Å². The Morgan fingerprint density at radius 1 is 1.42 bits per heavy atom. The van der Waals surface area contributed by atoms with Crippen LogP contribution in [0.3, 0.4) is 0 Å². The molecule has 1 aliphatic heterocycles. The number of amides is 1. The van der Waals surface area contributed by atoms with Crippen molar-refractivity contribution in [3.63, 3.8) is 0 Å². The van der Waals surface area contributed by atoms with Gasteiger partial charge in [-0.15, -0.1) is 0 Å². The molecule has 1 amide bonds. The van der Waals surface area contributed by atoms with E-state index in [1.54, 1.807) is 4.90 Å². The summed E-state index contributed by atoms with van der Waals surface area (Å²) in [6.45, 7) is 8.52. The standard InChI is InChI=1S/C8H14N3O/c1-9-7-8(12)11-5-3-10(2)4-6-11/h1H,3-7H2,2H3/q+1. The highest BCUT2D eigenvalue weighted by molar-refractivity contribution is 5.79. The molecule has 0 unspecified atom stereocenters. The lowest BCUT2D eigenvalue weighted by Gasteiger charge is -2.30. The Bertz CT molecular complexity index is 201. The Hall–Kier alpha value is -1.08. The van der Waals surface area contributed by atoms with Gasteiger partial charge in [-0.1, -0.05) is 4.85 Å². The van der Waals surface area contributed by atoms with Gasteiger partial charge in [-0.05, 0) is 7.05 Å². The molecule has 0 aromatic heterocycles. The number of hydrogen-bond acceptors (Lipinski definition) is 2. The number of carbonyl (C=O) groups is 1. The molecule has 0 spiro atoms. The highest BCUT2D eigenvalue weighted by Crippen LogP contribution is 1.99. The largest absolute Gasteiger partial charge is 0.339 e. The zero-order valence-corrected chi connectivity index (χ0v) is 7.36. The number of nitrogens with zero attached hydrogens (tertiary/aromatic N) is 3. The van der Waals surface area contributed by atoms with Crippen LogP contribution in [0.25, 0.3) is 4.85 Å². The van der Waals surface area contributed by atoms with E-state index < -0.39 is 0 Å². The summed E-state index contributed by atoms with van der Waals surface area (Å²) in [4.78, 5) is 18.6. The first-order chi connectivity index (χ1) is 5.74. The fourth-order valence-electron chi connectivity index (χ4n) is 1.23. The van der Waals surface area contributed by atoms with E-state index in [2.05, 4.69) is 16.8 Å². The molecule has 0 saturated carbocycles. The third-order valence-corrected chi connectivity index (χ3v) is 2.08. The Balaban J connectivity index is 2.35. The third kappa shape index (κ3) is 2.21. The van der Waals surface area contributed by atoms with Gasteiger partial charge in [-0.25, -0.2) is 0 Å². The Labute approximate surface area is 72.6 Å². The van der Waals surface area contributed by atoms with Crippen LogP contribution in [0.1, 0.15) is 0 Å². The summed E-state index contributed by atoms with van der Waals surface area (Å²) in [6, 6.07) is 0. The first-order valence-electron chi connectivity index (χ1n) is 4.07. The topological polar surface area (TPSA) is 27.9 Å². The fraction of sp³-hybridized carbons (Fsp3) is 0.750. The molecule has 1 fully saturated rings. The zero-order chi connectivity index (χ0) is 8.97. The van der Waals surface area contributed by atoms with E-state index in [0.717, 1.165) is 26.2 Å². The van der Waals surface area contributed by atoms with Crippen LogP contribution in [0.15, 0.2) is 0 Å². The molecule has 12 heavy (non-hydrogen) atoms. The van der Waals surface area contributed by atoms with E-state index in [1.807, 2.05) is 0 Å². The van der Waals surface area contributed by atoms with Crippen LogP contribution in [-0.2, 0) is 4.79 Å². The maximum atomic E-state index is 11.2. The molecule has 1 aliphatic rings. The van der Waals surface area contributed by atoms with Gasteiger partial charge in [0.05, 0.1) is 0 Å². The molecule has 1 heterocycles. The summed E-state index contributed by atoms with van der Waals surface area (Å²) in [5.41, 5.74) is 0. The molecule has 1 saturated heterocycles. The lowest BCUT2D eigenvalue weighted by molar-refractivity contribution is -0.130. The highest BCUT2D eigenvalue weighted by Gasteiger charge is 2.21. The summed E-state index contributed by atoms with van der Waals surface area (Å²) in [7, 11) is 2.05. The van der Waals surface area contributed by atoms with Gasteiger partial charge in [0, 0.05) is 26.2 Å². The van der Waals surface area contributed by atoms with E-state index in [-0.39, 0.29) is 12.5 Å². The number of rotatable bonds is 1. The van der Waals surface area contributed by atoms with Gasteiger partial charge in [-0.3, -0.25) is 4.79 Å². The monoisotopic (exact) mass is 168 g/mol. The maximum absolute atomic E-state index is 11.2. The van der Waals surface area contributed by atoms with Crippen molar-refractivity contribution in [2.45, 2.75) is 0 Å². The first-order valence-corrected chi connectivity index (χ1v) is 4.07. The summed E-state index contributed by atoms with van der Waals surface area (Å²) >= 11 is 0. The molecule has 0 aromatic rings. The Morgan fingerprint density at radius 3 is 2.50 bits per heavy atom. The third-order valence-electron chi connectivity index (χ3n) is 2.08. The van der Waals surface area contributed by atoms with Gasteiger partial charge >= 0.3 is 12.5 Å². The molecule has 0 radical (unpaired) electrons. The lowest BCUT2D eigenvalue weighted by Crippen LogP contribution is -2.47. The second kappa shape index (κ2) is 4.07. The van der Waals surface area contributed by atoms with Gasteiger partial charge in [-0.2, -0.15) is 0 Å². The van der Waals surface area contributed by atoms with E-state index in [9.17, 15) is 4.79 Å². The van der Waals surface area contributed by atoms with Crippen LogP contribution in [-0.4, -0.2) is 55.5 Å². The number of piperazine rings is 1. The van der Waals surface area contributed by atoms with Crippen molar-refractivity contribution in [2.75, 3.05) is 39.8 Å². The van der Waals surface area contributed by atoms with Crippen LogP contribution >= 0.6 is 0 Å². The van der Waals surface area contributed by atoms with E-state index in [4.69, 9.17) is 6.57 Å². The predicted molar refractivity (Wildman–Crippen MR) is 47.2 cm³/mol.